The van der Waals surface area contributed by atoms with E-state index in [0.29, 0.717) is 30.2 Å². The minimum absolute atomic E-state index is 0. The first kappa shape index (κ1) is 26.7. The summed E-state index contributed by atoms with van der Waals surface area (Å²) >= 11 is 1.42. The summed E-state index contributed by atoms with van der Waals surface area (Å²) in [7, 11) is -1.80. The fourth-order valence-corrected chi connectivity index (χ4v) is 5.54. The van der Waals surface area contributed by atoms with Crippen LogP contribution in [0.2, 0.25) is 0 Å². The highest BCUT2D eigenvalue weighted by Gasteiger charge is 2.23. The van der Waals surface area contributed by atoms with Gasteiger partial charge in [0.25, 0.3) is 5.91 Å². The zero-order valence-electron chi connectivity index (χ0n) is 19.6. The highest BCUT2D eigenvalue weighted by atomic mass is 35.5. The van der Waals surface area contributed by atoms with Crippen molar-refractivity contribution in [2.45, 2.75) is 37.0 Å². The summed E-state index contributed by atoms with van der Waals surface area (Å²) in [6.07, 6.45) is 6.03. The SMILES string of the molecule is COc1ccc2nc(N(CCCn3ccnc3)C(=O)c3ccc(S(=O)(=O)C(C)C)cc3)sc2c1.Cl. The number of carbonyl (C=O) groups excluding carboxylic acids is 1. The number of nitrogens with zero attached hydrogens (tertiary/aromatic N) is 4. The Bertz CT molecular complexity index is 1380. The number of amides is 1. The van der Waals surface area contributed by atoms with Gasteiger partial charge in [0, 0.05) is 31.0 Å². The number of methoxy groups -OCH3 is 1. The molecule has 2 aromatic carbocycles. The van der Waals surface area contributed by atoms with E-state index in [2.05, 4.69) is 9.97 Å². The number of anilines is 1. The van der Waals surface area contributed by atoms with Crippen molar-refractivity contribution in [1.82, 2.24) is 14.5 Å². The van der Waals surface area contributed by atoms with Gasteiger partial charge in [-0.15, -0.1) is 12.4 Å². The van der Waals surface area contributed by atoms with E-state index >= 15 is 0 Å². The third-order valence-electron chi connectivity index (χ3n) is 5.47. The molecule has 186 valence electrons. The van der Waals surface area contributed by atoms with Crippen molar-refractivity contribution in [2.75, 3.05) is 18.6 Å². The van der Waals surface area contributed by atoms with E-state index in [1.165, 1.54) is 23.5 Å². The van der Waals surface area contributed by atoms with Crippen LogP contribution in [0.15, 0.2) is 66.1 Å². The molecule has 4 aromatic rings. The molecule has 0 aliphatic rings. The van der Waals surface area contributed by atoms with Gasteiger partial charge in [0.2, 0.25) is 0 Å². The molecule has 0 N–H and O–H groups in total. The van der Waals surface area contributed by atoms with Gasteiger partial charge in [-0.3, -0.25) is 9.69 Å². The van der Waals surface area contributed by atoms with Gasteiger partial charge in [-0.05, 0) is 62.7 Å². The summed E-state index contributed by atoms with van der Waals surface area (Å²) in [4.78, 5) is 24.1. The molecule has 1 amide bonds. The Hall–Kier alpha value is -2.95. The van der Waals surface area contributed by atoms with Gasteiger partial charge < -0.3 is 9.30 Å². The van der Waals surface area contributed by atoms with Crippen LogP contribution in [0, 0.1) is 0 Å². The molecule has 0 unspecified atom stereocenters. The Morgan fingerprint density at radius 1 is 1.17 bits per heavy atom. The molecule has 0 bridgehead atoms. The Labute approximate surface area is 214 Å². The number of fused-ring (bicyclic) bond motifs is 1. The highest BCUT2D eigenvalue weighted by molar-refractivity contribution is 7.92. The third kappa shape index (κ3) is 5.83. The molecule has 4 rings (SSSR count). The maximum absolute atomic E-state index is 13.5. The largest absolute Gasteiger partial charge is 0.497 e. The number of hydrogen-bond donors (Lipinski definition) is 0. The van der Waals surface area contributed by atoms with Crippen LogP contribution >= 0.6 is 23.7 Å². The number of carbonyl (C=O) groups is 1. The molecule has 0 atom stereocenters. The quantitative estimate of drug-likeness (QED) is 0.305. The fraction of sp³-hybridized carbons (Fsp3) is 0.292. The number of aryl methyl sites for hydroxylation is 1. The van der Waals surface area contributed by atoms with E-state index in [1.54, 1.807) is 50.5 Å². The van der Waals surface area contributed by atoms with Crippen LogP contribution in [0.3, 0.4) is 0 Å². The average Bonchev–Trinajstić information content (AvgIpc) is 3.50. The average molecular weight is 535 g/mol. The van der Waals surface area contributed by atoms with Crippen LogP contribution in [-0.2, 0) is 16.4 Å². The van der Waals surface area contributed by atoms with E-state index in [-0.39, 0.29) is 23.2 Å². The van der Waals surface area contributed by atoms with Crippen LogP contribution in [0.25, 0.3) is 10.2 Å². The van der Waals surface area contributed by atoms with Crippen LogP contribution in [0.1, 0.15) is 30.6 Å². The summed E-state index contributed by atoms with van der Waals surface area (Å²) in [6, 6.07) is 11.7. The van der Waals surface area contributed by atoms with Crippen LogP contribution in [0.4, 0.5) is 5.13 Å². The van der Waals surface area contributed by atoms with E-state index in [4.69, 9.17) is 4.74 Å². The van der Waals surface area contributed by atoms with Gasteiger partial charge in [-0.1, -0.05) is 11.3 Å². The summed E-state index contributed by atoms with van der Waals surface area (Å²) in [6.45, 7) is 4.42. The molecule has 0 aliphatic carbocycles. The lowest BCUT2D eigenvalue weighted by atomic mass is 10.2. The second kappa shape index (κ2) is 11.2. The molecule has 2 aromatic heterocycles. The molecular formula is C24H27ClN4O4S2. The lowest BCUT2D eigenvalue weighted by molar-refractivity contribution is 0.0986. The fourth-order valence-electron chi connectivity index (χ4n) is 3.46. The van der Waals surface area contributed by atoms with Crippen molar-refractivity contribution in [1.29, 1.82) is 0 Å². The van der Waals surface area contributed by atoms with Crippen LogP contribution in [0.5, 0.6) is 5.75 Å². The molecule has 35 heavy (non-hydrogen) atoms. The zero-order chi connectivity index (χ0) is 24.3. The number of benzene rings is 2. The van der Waals surface area contributed by atoms with E-state index in [9.17, 15) is 13.2 Å². The highest BCUT2D eigenvalue weighted by Crippen LogP contribution is 2.32. The Kier molecular flexibility index (Phi) is 8.52. The van der Waals surface area contributed by atoms with Crippen molar-refractivity contribution in [3.63, 3.8) is 0 Å². The van der Waals surface area contributed by atoms with Crippen molar-refractivity contribution in [3.05, 3.63) is 66.7 Å². The predicted octanol–water partition coefficient (Wildman–Crippen LogP) is 4.84. The lowest BCUT2D eigenvalue weighted by Gasteiger charge is -2.20. The molecule has 2 heterocycles. The van der Waals surface area contributed by atoms with Gasteiger partial charge in [-0.25, -0.2) is 18.4 Å². The number of sulfone groups is 1. The van der Waals surface area contributed by atoms with Crippen molar-refractivity contribution < 1.29 is 17.9 Å². The first-order valence-corrected chi connectivity index (χ1v) is 13.2. The van der Waals surface area contributed by atoms with E-state index < -0.39 is 15.1 Å². The number of halogens is 1. The second-order valence-corrected chi connectivity index (χ2v) is 11.6. The maximum Gasteiger partial charge on any atom is 0.260 e. The summed E-state index contributed by atoms with van der Waals surface area (Å²) < 4.78 is 33.1. The van der Waals surface area contributed by atoms with Gasteiger partial charge in [-0.2, -0.15) is 0 Å². The predicted molar refractivity (Wildman–Crippen MR) is 141 cm³/mol. The van der Waals surface area contributed by atoms with Crippen LogP contribution < -0.4 is 9.64 Å². The Balaban J connectivity index is 0.00000342. The molecular weight excluding hydrogens is 508 g/mol. The van der Waals surface area contributed by atoms with E-state index in [0.717, 1.165) is 16.0 Å². The third-order valence-corrected chi connectivity index (χ3v) is 8.68. The molecule has 8 nitrogen and oxygen atoms in total. The van der Waals surface area contributed by atoms with Crippen LogP contribution in [-0.4, -0.2) is 47.8 Å². The molecule has 0 saturated heterocycles. The van der Waals surface area contributed by atoms with E-state index in [1.807, 2.05) is 29.0 Å². The van der Waals surface area contributed by atoms with Gasteiger partial charge in [0.05, 0.1) is 33.8 Å². The summed E-state index contributed by atoms with van der Waals surface area (Å²) in [5.74, 6) is 0.493. The normalized spacial score (nSPS) is 11.4. The molecule has 0 saturated carbocycles. The minimum Gasteiger partial charge on any atom is -0.497 e. The lowest BCUT2D eigenvalue weighted by Crippen LogP contribution is -2.32. The topological polar surface area (TPSA) is 94.4 Å². The van der Waals surface area contributed by atoms with Gasteiger partial charge in [0.1, 0.15) is 5.75 Å². The zero-order valence-corrected chi connectivity index (χ0v) is 22.1. The summed E-state index contributed by atoms with van der Waals surface area (Å²) in [5, 5.41) is 0.0474. The number of thiazole rings is 1. The number of hydrogen-bond acceptors (Lipinski definition) is 7. The molecule has 0 aliphatic heterocycles. The number of imidazole rings is 1. The minimum atomic E-state index is -3.41. The molecule has 0 radical (unpaired) electrons. The van der Waals surface area contributed by atoms with Crippen molar-refractivity contribution in [3.8, 4) is 5.75 Å². The Morgan fingerprint density at radius 2 is 1.91 bits per heavy atom. The number of rotatable bonds is 9. The second-order valence-electron chi connectivity index (χ2n) is 8.06. The number of ether oxygens (including phenoxy) is 1. The molecule has 0 spiro atoms. The molecule has 0 fully saturated rings. The first-order valence-electron chi connectivity index (χ1n) is 10.9. The number of aromatic nitrogens is 3. The van der Waals surface area contributed by atoms with Crippen molar-refractivity contribution >= 4 is 54.8 Å². The Morgan fingerprint density at radius 3 is 2.54 bits per heavy atom. The maximum atomic E-state index is 13.5. The summed E-state index contributed by atoms with van der Waals surface area (Å²) in [5.41, 5.74) is 1.19. The smallest absolute Gasteiger partial charge is 0.260 e. The molecule has 11 heteroatoms. The monoisotopic (exact) mass is 534 g/mol. The van der Waals surface area contributed by atoms with Crippen molar-refractivity contribution in [2.24, 2.45) is 0 Å². The van der Waals surface area contributed by atoms with Gasteiger partial charge >= 0.3 is 0 Å². The standard InChI is InChI=1S/C24H26N4O4S2.ClH/c1-17(2)34(30,31)20-8-5-18(6-9-20)23(29)28(13-4-12-27-14-11-25-16-27)24-26-21-10-7-19(32-3)15-22(21)33-24;/h5-11,14-17H,4,12-13H2,1-3H3;1H. The van der Waals surface area contributed by atoms with Gasteiger partial charge in [0.15, 0.2) is 15.0 Å². The first-order chi connectivity index (χ1) is 16.3.